The number of halogens is 3. The summed E-state index contributed by atoms with van der Waals surface area (Å²) >= 11 is 0. The highest BCUT2D eigenvalue weighted by atomic mass is 19.4. The molecule has 0 aromatic carbocycles. The number of piperidine rings is 1. The lowest BCUT2D eigenvalue weighted by atomic mass is 10.0. The third kappa shape index (κ3) is 5.21. The van der Waals surface area contributed by atoms with Gasteiger partial charge in [0.25, 0.3) is 0 Å². The zero-order valence-corrected chi connectivity index (χ0v) is 18.3. The van der Waals surface area contributed by atoms with Crippen LogP contribution in [0.4, 0.5) is 30.6 Å². The Morgan fingerprint density at radius 3 is 2.22 bits per heavy atom. The van der Waals surface area contributed by atoms with Crippen LogP contribution in [-0.2, 0) is 6.18 Å². The van der Waals surface area contributed by atoms with E-state index in [0.29, 0.717) is 17.5 Å². The molecule has 2 saturated heterocycles. The van der Waals surface area contributed by atoms with Gasteiger partial charge in [-0.25, -0.2) is 15.0 Å². The molecule has 1 N–H and O–H groups in total. The number of hydrogen-bond acceptors (Lipinski definition) is 8. The molecular formula is C21H28F3N7O. The second-order valence-electron chi connectivity index (χ2n) is 8.22. The minimum atomic E-state index is -4.47. The van der Waals surface area contributed by atoms with Gasteiger partial charge in [-0.2, -0.15) is 13.2 Å². The van der Waals surface area contributed by atoms with Crippen molar-refractivity contribution in [1.82, 2.24) is 24.8 Å². The maximum absolute atomic E-state index is 12.7. The predicted molar refractivity (Wildman–Crippen MR) is 115 cm³/mol. The van der Waals surface area contributed by atoms with Gasteiger partial charge < -0.3 is 19.9 Å². The molecule has 8 nitrogen and oxygen atoms in total. The number of nitrogens with zero attached hydrogens (tertiary/aromatic N) is 6. The second kappa shape index (κ2) is 9.45. The van der Waals surface area contributed by atoms with Crippen LogP contribution in [0.15, 0.2) is 24.7 Å². The molecule has 0 radical (unpaired) electrons. The van der Waals surface area contributed by atoms with Crippen molar-refractivity contribution >= 4 is 17.5 Å². The molecule has 0 bridgehead atoms. The first-order valence-corrected chi connectivity index (χ1v) is 10.7. The van der Waals surface area contributed by atoms with Crippen molar-refractivity contribution < 1.29 is 17.9 Å². The predicted octanol–water partition coefficient (Wildman–Crippen LogP) is 2.86. The van der Waals surface area contributed by atoms with E-state index in [2.05, 4.69) is 42.0 Å². The zero-order chi connectivity index (χ0) is 22.7. The van der Waals surface area contributed by atoms with Crippen LogP contribution in [0.5, 0.6) is 5.75 Å². The molecule has 0 aliphatic carbocycles. The van der Waals surface area contributed by atoms with Gasteiger partial charge in [-0.3, -0.25) is 4.90 Å². The number of likely N-dealkylation sites (N-methyl/N-ethyl adjacent to an activating group) is 1. The lowest BCUT2D eigenvalue weighted by Crippen LogP contribution is -2.52. The number of anilines is 3. The van der Waals surface area contributed by atoms with Crippen molar-refractivity contribution in [3.63, 3.8) is 0 Å². The first-order valence-electron chi connectivity index (χ1n) is 10.7. The van der Waals surface area contributed by atoms with Crippen molar-refractivity contribution in [1.29, 1.82) is 0 Å². The molecule has 2 aliphatic rings. The monoisotopic (exact) mass is 451 g/mol. The molecule has 11 heteroatoms. The number of ether oxygens (including phenoxy) is 1. The van der Waals surface area contributed by atoms with E-state index in [0.717, 1.165) is 70.3 Å². The number of rotatable bonds is 5. The van der Waals surface area contributed by atoms with Gasteiger partial charge in [0.2, 0.25) is 5.95 Å². The Labute approximate surface area is 185 Å². The standard InChI is InChI=1S/C21H28F3N7O/c1-29-7-9-30(10-8-29)16-3-5-31(6-4-16)19-11-18(32-2)17(14-25-19)28-20-26-12-15(13-27-20)21(22,23)24/h11-14,16H,3-10H2,1-2H3,(H,26,27,28). The molecule has 2 aliphatic heterocycles. The van der Waals surface area contributed by atoms with Crippen LogP contribution in [0.1, 0.15) is 18.4 Å². The van der Waals surface area contributed by atoms with Gasteiger partial charge in [-0.15, -0.1) is 0 Å². The number of hydrogen-bond donors (Lipinski definition) is 1. The van der Waals surface area contributed by atoms with Gasteiger partial charge in [0.1, 0.15) is 17.3 Å². The number of piperazine rings is 1. The minimum Gasteiger partial charge on any atom is -0.494 e. The summed E-state index contributed by atoms with van der Waals surface area (Å²) in [5.74, 6) is 1.39. The Morgan fingerprint density at radius 1 is 0.969 bits per heavy atom. The third-order valence-electron chi connectivity index (χ3n) is 6.14. The molecule has 4 heterocycles. The van der Waals surface area contributed by atoms with E-state index in [1.807, 2.05) is 6.07 Å². The zero-order valence-electron chi connectivity index (χ0n) is 18.3. The number of nitrogens with one attached hydrogen (secondary N) is 1. The summed E-state index contributed by atoms with van der Waals surface area (Å²) in [5.41, 5.74) is -0.410. The van der Waals surface area contributed by atoms with E-state index in [4.69, 9.17) is 4.74 Å². The summed E-state index contributed by atoms with van der Waals surface area (Å²) < 4.78 is 43.6. The highest BCUT2D eigenvalue weighted by Gasteiger charge is 2.31. The quantitative estimate of drug-likeness (QED) is 0.745. The van der Waals surface area contributed by atoms with Crippen LogP contribution >= 0.6 is 0 Å². The van der Waals surface area contributed by atoms with Gasteiger partial charge in [-0.1, -0.05) is 0 Å². The molecule has 0 amide bonds. The Morgan fingerprint density at radius 2 is 1.62 bits per heavy atom. The minimum absolute atomic E-state index is 0.0406. The molecule has 0 saturated carbocycles. The highest BCUT2D eigenvalue weighted by molar-refractivity contribution is 5.64. The topological polar surface area (TPSA) is 69.7 Å². The average Bonchev–Trinajstić information content (AvgIpc) is 2.80. The number of aromatic nitrogens is 3. The maximum atomic E-state index is 12.7. The lowest BCUT2D eigenvalue weighted by molar-refractivity contribution is -0.138. The fraction of sp³-hybridized carbons (Fsp3) is 0.571. The first kappa shape index (κ1) is 22.5. The SMILES string of the molecule is COc1cc(N2CCC(N3CCN(C)CC3)CC2)ncc1Nc1ncc(C(F)(F)F)cn1. The van der Waals surface area contributed by atoms with Gasteiger partial charge >= 0.3 is 6.18 Å². The van der Waals surface area contributed by atoms with Crippen LogP contribution in [0, 0.1) is 0 Å². The van der Waals surface area contributed by atoms with Crippen LogP contribution in [0.2, 0.25) is 0 Å². The summed E-state index contributed by atoms with van der Waals surface area (Å²) in [5, 5.41) is 2.88. The van der Waals surface area contributed by atoms with E-state index in [9.17, 15) is 13.2 Å². The summed E-state index contributed by atoms with van der Waals surface area (Å²) in [6, 6.07) is 2.45. The highest BCUT2D eigenvalue weighted by Crippen LogP contribution is 2.32. The van der Waals surface area contributed by atoms with Crippen molar-refractivity contribution in [3.8, 4) is 5.75 Å². The van der Waals surface area contributed by atoms with E-state index < -0.39 is 11.7 Å². The summed E-state index contributed by atoms with van der Waals surface area (Å²) in [4.78, 5) is 19.2. The van der Waals surface area contributed by atoms with Crippen molar-refractivity contribution in [3.05, 3.63) is 30.2 Å². The largest absolute Gasteiger partial charge is 0.494 e. The molecule has 0 spiro atoms. The fourth-order valence-corrected chi connectivity index (χ4v) is 4.17. The fourth-order valence-electron chi connectivity index (χ4n) is 4.17. The first-order chi connectivity index (χ1) is 15.3. The van der Waals surface area contributed by atoms with Gasteiger partial charge in [0, 0.05) is 63.8 Å². The lowest BCUT2D eigenvalue weighted by Gasteiger charge is -2.42. The van der Waals surface area contributed by atoms with Crippen LogP contribution in [0.25, 0.3) is 0 Å². The summed E-state index contributed by atoms with van der Waals surface area (Å²) in [6.45, 7) is 6.33. The second-order valence-corrected chi connectivity index (χ2v) is 8.22. The number of alkyl halides is 3. The molecule has 0 atom stereocenters. The number of pyridine rings is 1. The molecule has 2 fully saturated rings. The molecule has 32 heavy (non-hydrogen) atoms. The van der Waals surface area contributed by atoms with Crippen LogP contribution < -0.4 is 15.0 Å². The van der Waals surface area contributed by atoms with Gasteiger partial charge in [0.15, 0.2) is 0 Å². The molecular weight excluding hydrogens is 423 g/mol. The van der Waals surface area contributed by atoms with E-state index in [-0.39, 0.29) is 5.95 Å². The van der Waals surface area contributed by atoms with Crippen LogP contribution in [0.3, 0.4) is 0 Å². The number of methoxy groups -OCH3 is 1. The molecule has 4 rings (SSSR count). The molecule has 0 unspecified atom stereocenters. The molecule has 174 valence electrons. The van der Waals surface area contributed by atoms with Crippen LogP contribution in [-0.4, -0.2) is 84.2 Å². The average molecular weight is 451 g/mol. The maximum Gasteiger partial charge on any atom is 0.419 e. The Bertz CT molecular complexity index is 893. The summed E-state index contributed by atoms with van der Waals surface area (Å²) in [6.07, 6.45) is 0.793. The van der Waals surface area contributed by atoms with E-state index in [1.54, 1.807) is 6.20 Å². The molecule has 2 aromatic rings. The summed E-state index contributed by atoms with van der Waals surface area (Å²) in [7, 11) is 3.71. The van der Waals surface area contributed by atoms with Crippen molar-refractivity contribution in [2.75, 3.05) is 63.6 Å². The van der Waals surface area contributed by atoms with E-state index >= 15 is 0 Å². The Hall–Kier alpha value is -2.66. The van der Waals surface area contributed by atoms with Gasteiger partial charge in [-0.05, 0) is 19.9 Å². The Balaban J connectivity index is 1.38. The smallest absolute Gasteiger partial charge is 0.419 e. The van der Waals surface area contributed by atoms with Gasteiger partial charge in [0.05, 0.1) is 18.9 Å². The van der Waals surface area contributed by atoms with Crippen molar-refractivity contribution in [2.45, 2.75) is 25.1 Å². The normalized spacial score (nSPS) is 19.2. The molecule has 2 aromatic heterocycles. The third-order valence-corrected chi connectivity index (χ3v) is 6.14. The van der Waals surface area contributed by atoms with Crippen molar-refractivity contribution in [2.24, 2.45) is 0 Å². The van der Waals surface area contributed by atoms with E-state index in [1.165, 1.54) is 7.11 Å². The Kier molecular flexibility index (Phi) is 6.66.